The fraction of sp³-hybridized carbons (Fsp3) is 0.818. The minimum absolute atomic E-state index is 0.0896. The fourth-order valence-electron chi connectivity index (χ4n) is 1.54. The summed E-state index contributed by atoms with van der Waals surface area (Å²) in [6.07, 6.45) is -0.0360. The Bertz CT molecular complexity index is 294. The minimum atomic E-state index is -1.74. The van der Waals surface area contributed by atoms with E-state index in [1.54, 1.807) is 25.8 Å². The number of nitrogens with zero attached hydrogens (tertiary/aromatic N) is 1. The van der Waals surface area contributed by atoms with Crippen LogP contribution in [0.25, 0.3) is 0 Å². The second-order valence-electron chi connectivity index (χ2n) is 5.25. The third kappa shape index (κ3) is 4.68. The predicted octanol–water partition coefficient (Wildman–Crippen LogP) is 1.43. The molecular formula is C11H19FN2O3. The lowest BCUT2D eigenvalue weighted by molar-refractivity contribution is -0.121. The molecule has 0 aromatic carbocycles. The lowest BCUT2D eigenvalue weighted by Crippen LogP contribution is -2.51. The molecule has 0 spiro atoms. The van der Waals surface area contributed by atoms with Crippen molar-refractivity contribution in [3.05, 3.63) is 0 Å². The summed E-state index contributed by atoms with van der Waals surface area (Å²) >= 11 is 0. The van der Waals surface area contributed by atoms with Gasteiger partial charge in [-0.1, -0.05) is 0 Å². The van der Waals surface area contributed by atoms with E-state index in [9.17, 15) is 14.0 Å². The number of carbonyl (C=O) groups is 2. The van der Waals surface area contributed by atoms with Gasteiger partial charge in [0.2, 0.25) is 0 Å². The molecule has 98 valence electrons. The zero-order valence-electron chi connectivity index (χ0n) is 10.5. The normalized spacial score (nSPS) is 20.7. The molecule has 17 heavy (non-hydrogen) atoms. The molecule has 1 aliphatic rings. The lowest BCUT2D eigenvalue weighted by Gasteiger charge is -2.33. The monoisotopic (exact) mass is 246 g/mol. The van der Waals surface area contributed by atoms with Crippen LogP contribution in [0.3, 0.4) is 0 Å². The Morgan fingerprint density at radius 3 is 2.35 bits per heavy atom. The summed E-state index contributed by atoms with van der Waals surface area (Å²) in [5.41, 5.74) is 0.220. The van der Waals surface area contributed by atoms with Gasteiger partial charge in [-0.2, -0.15) is 0 Å². The second-order valence-corrected chi connectivity index (χ2v) is 5.25. The molecule has 0 radical (unpaired) electrons. The van der Waals surface area contributed by atoms with Crippen molar-refractivity contribution in [3.8, 4) is 0 Å². The molecular weight excluding hydrogens is 227 g/mol. The highest BCUT2D eigenvalue weighted by molar-refractivity contribution is 5.67. The zero-order chi connectivity index (χ0) is 13.1. The van der Waals surface area contributed by atoms with Crippen molar-refractivity contribution in [3.63, 3.8) is 0 Å². The molecule has 1 saturated heterocycles. The molecule has 0 aromatic rings. The summed E-state index contributed by atoms with van der Waals surface area (Å²) in [4.78, 5) is 21.9. The van der Waals surface area contributed by atoms with Crippen molar-refractivity contribution in [1.82, 2.24) is 10.4 Å². The fourth-order valence-corrected chi connectivity index (χ4v) is 1.54. The van der Waals surface area contributed by atoms with Gasteiger partial charge in [0.15, 0.2) is 12.0 Å². The summed E-state index contributed by atoms with van der Waals surface area (Å²) < 4.78 is 18.6. The smallest absolute Gasteiger partial charge is 0.422 e. The molecule has 0 unspecified atom stereocenters. The average molecular weight is 246 g/mol. The Morgan fingerprint density at radius 1 is 1.41 bits per heavy atom. The number of halogens is 1. The first kappa shape index (κ1) is 13.9. The molecule has 1 amide bonds. The maximum Gasteiger partial charge on any atom is 0.422 e. The van der Waals surface area contributed by atoms with E-state index in [-0.39, 0.29) is 12.8 Å². The molecule has 1 fully saturated rings. The third-order valence-electron chi connectivity index (χ3n) is 2.45. The Kier molecular flexibility index (Phi) is 4.08. The Labute approximate surface area is 100 Å². The van der Waals surface area contributed by atoms with Gasteiger partial charge in [-0.3, -0.25) is 10.2 Å². The number of hydrazine groups is 1. The lowest BCUT2D eigenvalue weighted by atomic mass is 9.96. The number of nitrogens with one attached hydrogen (secondary N) is 1. The van der Waals surface area contributed by atoms with Crippen LogP contribution >= 0.6 is 0 Å². The van der Waals surface area contributed by atoms with Crippen LogP contribution in [0.15, 0.2) is 0 Å². The van der Waals surface area contributed by atoms with E-state index < -0.39 is 17.4 Å². The zero-order valence-corrected chi connectivity index (χ0v) is 10.5. The molecule has 1 heterocycles. The average Bonchev–Trinajstić information content (AvgIpc) is 2.19. The van der Waals surface area contributed by atoms with Crippen LogP contribution in [0.5, 0.6) is 0 Å². The van der Waals surface area contributed by atoms with Gasteiger partial charge in [-0.05, 0) is 20.8 Å². The van der Waals surface area contributed by atoms with Crippen molar-refractivity contribution in [2.75, 3.05) is 13.1 Å². The standard InChI is InChI=1S/C11H19FN2O3/c1-10(2,3)17-9(16)13-14-6-4-11(12,8-15)5-7-14/h8H,4-7H2,1-3H3,(H,13,16). The number of carbonyl (C=O) groups excluding carboxylic acids is 2. The van der Waals surface area contributed by atoms with Crippen molar-refractivity contribution in [1.29, 1.82) is 0 Å². The van der Waals surface area contributed by atoms with Crippen molar-refractivity contribution >= 4 is 12.4 Å². The Hall–Kier alpha value is -1.17. The van der Waals surface area contributed by atoms with Gasteiger partial charge in [-0.25, -0.2) is 14.2 Å². The number of piperidine rings is 1. The molecule has 1 N–H and O–H groups in total. The van der Waals surface area contributed by atoms with E-state index in [1.807, 2.05) is 0 Å². The van der Waals surface area contributed by atoms with Gasteiger partial charge >= 0.3 is 6.09 Å². The number of aldehydes is 1. The molecule has 1 rings (SSSR count). The minimum Gasteiger partial charge on any atom is -0.443 e. The largest absolute Gasteiger partial charge is 0.443 e. The first-order chi connectivity index (χ1) is 7.74. The number of ether oxygens (including phenoxy) is 1. The van der Waals surface area contributed by atoms with E-state index >= 15 is 0 Å². The SMILES string of the molecule is CC(C)(C)OC(=O)NN1CCC(F)(C=O)CC1. The summed E-state index contributed by atoms with van der Waals surface area (Å²) in [6, 6.07) is 0. The van der Waals surface area contributed by atoms with Gasteiger partial charge in [-0.15, -0.1) is 0 Å². The summed E-state index contributed by atoms with van der Waals surface area (Å²) in [5, 5.41) is 1.56. The van der Waals surface area contributed by atoms with E-state index in [2.05, 4.69) is 5.43 Å². The molecule has 0 atom stereocenters. The predicted molar refractivity (Wildman–Crippen MR) is 60.1 cm³/mol. The highest BCUT2D eigenvalue weighted by atomic mass is 19.1. The van der Waals surface area contributed by atoms with Crippen LogP contribution in [0, 0.1) is 0 Å². The van der Waals surface area contributed by atoms with Crippen LogP contribution in [-0.2, 0) is 9.53 Å². The number of amides is 1. The first-order valence-electron chi connectivity index (χ1n) is 5.64. The van der Waals surface area contributed by atoms with E-state index in [1.165, 1.54) is 0 Å². The van der Waals surface area contributed by atoms with Crippen LogP contribution in [0.2, 0.25) is 0 Å². The quantitative estimate of drug-likeness (QED) is 0.749. The van der Waals surface area contributed by atoms with Gasteiger partial charge in [0, 0.05) is 25.9 Å². The maximum absolute atomic E-state index is 13.5. The molecule has 0 saturated carbocycles. The van der Waals surface area contributed by atoms with Crippen LogP contribution in [0.4, 0.5) is 9.18 Å². The van der Waals surface area contributed by atoms with Crippen LogP contribution in [-0.4, -0.2) is 41.7 Å². The second kappa shape index (κ2) is 5.00. The van der Waals surface area contributed by atoms with Gasteiger partial charge in [0.1, 0.15) is 5.60 Å². The van der Waals surface area contributed by atoms with Crippen LogP contribution in [0.1, 0.15) is 33.6 Å². The topological polar surface area (TPSA) is 58.6 Å². The van der Waals surface area contributed by atoms with Gasteiger partial charge in [0.05, 0.1) is 0 Å². The summed E-state index contributed by atoms with van der Waals surface area (Å²) in [7, 11) is 0. The molecule has 0 bridgehead atoms. The van der Waals surface area contributed by atoms with Crippen molar-refractivity contribution in [2.45, 2.75) is 44.9 Å². The Balaban J connectivity index is 2.36. The maximum atomic E-state index is 13.5. The molecule has 1 aliphatic heterocycles. The van der Waals surface area contributed by atoms with Gasteiger partial charge in [0.25, 0.3) is 0 Å². The van der Waals surface area contributed by atoms with Crippen molar-refractivity contribution < 1.29 is 18.7 Å². The van der Waals surface area contributed by atoms with E-state index in [0.717, 1.165) is 0 Å². The third-order valence-corrected chi connectivity index (χ3v) is 2.45. The van der Waals surface area contributed by atoms with E-state index in [4.69, 9.17) is 4.74 Å². The number of rotatable bonds is 2. The number of hydrogen-bond acceptors (Lipinski definition) is 4. The highest BCUT2D eigenvalue weighted by Crippen LogP contribution is 2.23. The molecule has 6 heteroatoms. The Morgan fingerprint density at radius 2 is 1.94 bits per heavy atom. The number of alkyl halides is 1. The van der Waals surface area contributed by atoms with Crippen molar-refractivity contribution in [2.24, 2.45) is 0 Å². The summed E-state index contributed by atoms with van der Waals surface area (Å²) in [5.74, 6) is 0. The molecule has 0 aliphatic carbocycles. The molecule has 0 aromatic heterocycles. The summed E-state index contributed by atoms with van der Waals surface area (Å²) in [6.45, 7) is 5.90. The number of hydrogen-bond donors (Lipinski definition) is 1. The van der Waals surface area contributed by atoms with Crippen LogP contribution < -0.4 is 5.43 Å². The van der Waals surface area contributed by atoms with Gasteiger partial charge < -0.3 is 4.74 Å². The van der Waals surface area contributed by atoms with E-state index in [0.29, 0.717) is 19.4 Å². The molecule has 5 nitrogen and oxygen atoms in total. The first-order valence-corrected chi connectivity index (χ1v) is 5.64. The highest BCUT2D eigenvalue weighted by Gasteiger charge is 2.34.